The number of amides is 1. The van der Waals surface area contributed by atoms with E-state index in [-0.39, 0.29) is 5.91 Å². The number of hydrogen-bond acceptors (Lipinski definition) is 5. The van der Waals surface area contributed by atoms with Crippen molar-refractivity contribution in [2.75, 3.05) is 17.2 Å². The molecule has 0 aliphatic carbocycles. The van der Waals surface area contributed by atoms with E-state index < -0.39 is 0 Å². The van der Waals surface area contributed by atoms with Crippen molar-refractivity contribution in [1.29, 1.82) is 0 Å². The minimum atomic E-state index is -0.288. The molecular formula is C19H14BrCl2N5OS. The molecule has 4 rings (SSSR count). The van der Waals surface area contributed by atoms with Gasteiger partial charge in [-0.25, -0.2) is 9.67 Å². The molecule has 0 N–H and O–H groups in total. The third-order valence-electron chi connectivity index (χ3n) is 4.20. The largest absolute Gasteiger partial charge is 0.283 e. The van der Waals surface area contributed by atoms with Gasteiger partial charge < -0.3 is 0 Å². The number of rotatable bonds is 3. The standard InChI is InChI=1S/C19H14BrCl2N5OS/c1-11-9-12(21)4-5-14(11)26(19-24-7-8-29-19)18(28)15-10-16(20)25-27(15)17-13(22)3-2-6-23-17/h2-6,9-10H,7-8H2,1H3. The van der Waals surface area contributed by atoms with Crippen LogP contribution in [0, 0.1) is 6.92 Å². The molecule has 0 bridgehead atoms. The second-order valence-electron chi connectivity index (χ2n) is 6.16. The van der Waals surface area contributed by atoms with E-state index in [0.29, 0.717) is 43.6 Å². The number of thioether (sulfide) groups is 1. The van der Waals surface area contributed by atoms with Crippen LogP contribution in [0.3, 0.4) is 0 Å². The SMILES string of the molecule is Cc1cc(Cl)ccc1N(C(=O)c1cc(Br)nn1-c1ncccc1Cl)C1=NCCS1. The predicted octanol–water partition coefficient (Wildman–Crippen LogP) is 5.39. The van der Waals surface area contributed by atoms with Crippen molar-refractivity contribution >= 4 is 67.7 Å². The molecule has 1 aromatic carbocycles. The van der Waals surface area contributed by atoms with E-state index in [2.05, 4.69) is 31.0 Å². The molecule has 0 fully saturated rings. The molecule has 0 unspecified atom stereocenters. The van der Waals surface area contributed by atoms with Gasteiger partial charge in [-0.1, -0.05) is 35.0 Å². The fraction of sp³-hybridized carbons (Fsp3) is 0.158. The van der Waals surface area contributed by atoms with Gasteiger partial charge in [0, 0.05) is 23.0 Å². The van der Waals surface area contributed by atoms with Gasteiger partial charge in [-0.2, -0.15) is 5.10 Å². The highest BCUT2D eigenvalue weighted by atomic mass is 79.9. The van der Waals surface area contributed by atoms with E-state index in [1.54, 1.807) is 35.4 Å². The maximum absolute atomic E-state index is 13.7. The third kappa shape index (κ3) is 4.07. The van der Waals surface area contributed by atoms with Crippen LogP contribution in [0.5, 0.6) is 0 Å². The fourth-order valence-electron chi connectivity index (χ4n) is 2.94. The molecular weight excluding hydrogens is 497 g/mol. The van der Waals surface area contributed by atoms with Crippen LogP contribution >= 0.6 is 50.9 Å². The van der Waals surface area contributed by atoms with Crippen LogP contribution in [-0.4, -0.2) is 38.1 Å². The first-order valence-electron chi connectivity index (χ1n) is 8.60. The lowest BCUT2D eigenvalue weighted by Crippen LogP contribution is -2.36. The molecule has 0 atom stereocenters. The molecule has 1 aliphatic rings. The summed E-state index contributed by atoms with van der Waals surface area (Å²) in [5, 5.41) is 6.00. The van der Waals surface area contributed by atoms with Gasteiger partial charge in [0.25, 0.3) is 5.91 Å². The molecule has 148 valence electrons. The van der Waals surface area contributed by atoms with Crippen LogP contribution < -0.4 is 4.90 Å². The zero-order valence-corrected chi connectivity index (χ0v) is 19.1. The average Bonchev–Trinajstić information content (AvgIpc) is 3.34. The van der Waals surface area contributed by atoms with Crippen molar-refractivity contribution < 1.29 is 4.79 Å². The Bertz CT molecular complexity index is 1130. The summed E-state index contributed by atoms with van der Waals surface area (Å²) in [6.07, 6.45) is 1.60. The van der Waals surface area contributed by atoms with E-state index in [1.807, 2.05) is 19.1 Å². The van der Waals surface area contributed by atoms with E-state index in [0.717, 1.165) is 11.3 Å². The van der Waals surface area contributed by atoms with Gasteiger partial charge in [0.1, 0.15) is 10.3 Å². The van der Waals surface area contributed by atoms with Gasteiger partial charge >= 0.3 is 0 Å². The van der Waals surface area contributed by atoms with Gasteiger partial charge in [-0.05, 0) is 58.7 Å². The van der Waals surface area contributed by atoms with E-state index in [4.69, 9.17) is 23.2 Å². The second kappa shape index (κ2) is 8.47. The molecule has 3 heterocycles. The number of anilines is 1. The van der Waals surface area contributed by atoms with Crippen molar-refractivity contribution in [1.82, 2.24) is 14.8 Å². The summed E-state index contributed by atoms with van der Waals surface area (Å²) in [6.45, 7) is 2.57. The van der Waals surface area contributed by atoms with Crippen LogP contribution in [0.25, 0.3) is 5.82 Å². The number of aryl methyl sites for hydroxylation is 1. The summed E-state index contributed by atoms with van der Waals surface area (Å²) in [6, 6.07) is 10.5. The molecule has 29 heavy (non-hydrogen) atoms. The number of carbonyl (C=O) groups is 1. The fourth-order valence-corrected chi connectivity index (χ4v) is 4.60. The Labute approximate surface area is 190 Å². The lowest BCUT2D eigenvalue weighted by molar-refractivity contribution is 0.0995. The Morgan fingerprint density at radius 2 is 2.10 bits per heavy atom. The Hall–Kier alpha value is -1.87. The molecule has 1 aliphatic heterocycles. The Morgan fingerprint density at radius 1 is 1.28 bits per heavy atom. The summed E-state index contributed by atoms with van der Waals surface area (Å²) >= 11 is 17.3. The van der Waals surface area contributed by atoms with Crippen LogP contribution in [0.2, 0.25) is 10.0 Å². The minimum Gasteiger partial charge on any atom is -0.266 e. The quantitative estimate of drug-likeness (QED) is 0.473. The zero-order valence-electron chi connectivity index (χ0n) is 15.1. The number of pyridine rings is 1. The average molecular weight is 511 g/mol. The number of hydrogen-bond donors (Lipinski definition) is 0. The van der Waals surface area contributed by atoms with Crippen LogP contribution in [0.4, 0.5) is 5.69 Å². The monoisotopic (exact) mass is 509 g/mol. The number of aliphatic imine (C=N–C) groups is 1. The number of amidine groups is 1. The maximum atomic E-state index is 13.7. The molecule has 10 heteroatoms. The molecule has 1 amide bonds. The zero-order chi connectivity index (χ0) is 20.5. The molecule has 0 saturated heterocycles. The molecule has 2 aromatic heterocycles. The van der Waals surface area contributed by atoms with Crippen LogP contribution in [-0.2, 0) is 0 Å². The molecule has 0 spiro atoms. The summed E-state index contributed by atoms with van der Waals surface area (Å²) in [5.41, 5.74) is 1.88. The van der Waals surface area contributed by atoms with Gasteiger partial charge in [0.2, 0.25) is 0 Å². The van der Waals surface area contributed by atoms with Crippen LogP contribution in [0.1, 0.15) is 16.1 Å². The van der Waals surface area contributed by atoms with Crippen molar-refractivity contribution in [2.24, 2.45) is 4.99 Å². The number of halogens is 3. The molecule has 0 radical (unpaired) electrons. The van der Waals surface area contributed by atoms with E-state index >= 15 is 0 Å². The van der Waals surface area contributed by atoms with Gasteiger partial charge in [-0.15, -0.1) is 0 Å². The van der Waals surface area contributed by atoms with Crippen molar-refractivity contribution in [3.8, 4) is 5.82 Å². The molecule has 0 saturated carbocycles. The van der Waals surface area contributed by atoms with E-state index in [1.165, 1.54) is 16.4 Å². The first-order chi connectivity index (χ1) is 14.0. The third-order valence-corrected chi connectivity index (χ3v) is 6.08. The minimum absolute atomic E-state index is 0.288. The van der Waals surface area contributed by atoms with Crippen molar-refractivity contribution in [2.45, 2.75) is 6.92 Å². The smallest absolute Gasteiger partial charge is 0.266 e. The first-order valence-corrected chi connectivity index (χ1v) is 11.1. The normalized spacial score (nSPS) is 13.4. The number of nitrogens with zero attached hydrogens (tertiary/aromatic N) is 5. The molecule has 6 nitrogen and oxygen atoms in total. The maximum Gasteiger partial charge on any atom is 0.283 e. The number of carbonyl (C=O) groups excluding carboxylic acids is 1. The predicted molar refractivity (Wildman–Crippen MR) is 122 cm³/mol. The van der Waals surface area contributed by atoms with Gasteiger partial charge in [0.15, 0.2) is 11.0 Å². The summed E-state index contributed by atoms with van der Waals surface area (Å²) < 4.78 is 1.93. The number of benzene rings is 1. The summed E-state index contributed by atoms with van der Waals surface area (Å²) in [5.74, 6) is 0.904. The topological polar surface area (TPSA) is 63.4 Å². The van der Waals surface area contributed by atoms with Crippen molar-refractivity contribution in [3.63, 3.8) is 0 Å². The Balaban J connectivity index is 1.85. The van der Waals surface area contributed by atoms with Gasteiger partial charge in [-0.3, -0.25) is 14.7 Å². The highest BCUT2D eigenvalue weighted by Gasteiger charge is 2.30. The molecule has 3 aromatic rings. The summed E-state index contributed by atoms with van der Waals surface area (Å²) in [4.78, 5) is 24.1. The van der Waals surface area contributed by atoms with Gasteiger partial charge in [0.05, 0.1) is 17.3 Å². The highest BCUT2D eigenvalue weighted by molar-refractivity contribution is 9.10. The van der Waals surface area contributed by atoms with Crippen molar-refractivity contribution in [3.05, 3.63) is 68.5 Å². The summed E-state index contributed by atoms with van der Waals surface area (Å²) in [7, 11) is 0. The first kappa shape index (κ1) is 20.4. The Kier molecular flexibility index (Phi) is 5.96. The lowest BCUT2D eigenvalue weighted by Gasteiger charge is -2.24. The Morgan fingerprint density at radius 3 is 2.79 bits per heavy atom. The van der Waals surface area contributed by atoms with E-state index in [9.17, 15) is 4.79 Å². The number of aromatic nitrogens is 3. The second-order valence-corrected chi connectivity index (χ2v) is 8.88. The van der Waals surface area contributed by atoms with Crippen LogP contribution in [0.15, 0.2) is 52.2 Å². The highest BCUT2D eigenvalue weighted by Crippen LogP contribution is 2.31. The lowest BCUT2D eigenvalue weighted by atomic mass is 10.1.